The summed E-state index contributed by atoms with van der Waals surface area (Å²) in [4.78, 5) is 20.1. The van der Waals surface area contributed by atoms with E-state index >= 15 is 0 Å². The molecule has 0 radical (unpaired) electrons. The molecule has 0 aliphatic rings. The van der Waals surface area contributed by atoms with E-state index in [2.05, 4.69) is 51.0 Å². The Morgan fingerprint density at radius 2 is 2.22 bits per heavy atom. The summed E-state index contributed by atoms with van der Waals surface area (Å²) in [5.74, 6) is 0.639. The van der Waals surface area contributed by atoms with E-state index in [1.165, 1.54) is 17.5 Å². The second-order valence-electron chi connectivity index (χ2n) is 4.21. The Bertz CT molecular complexity index is 609. The van der Waals surface area contributed by atoms with Crippen molar-refractivity contribution >= 4 is 21.7 Å². The minimum atomic E-state index is -0.170. The van der Waals surface area contributed by atoms with Crippen LogP contribution in [0.2, 0.25) is 0 Å². The molecule has 4 nitrogen and oxygen atoms in total. The van der Waals surface area contributed by atoms with Crippen LogP contribution in [0.15, 0.2) is 39.9 Å². The summed E-state index contributed by atoms with van der Waals surface area (Å²) in [7, 11) is 1.91. The number of aryl methyl sites for hydroxylation is 1. The highest BCUT2D eigenvalue weighted by atomic mass is 79.9. The summed E-state index contributed by atoms with van der Waals surface area (Å²) in [6.07, 6.45) is 1.41. The first kappa shape index (κ1) is 12.8. The van der Waals surface area contributed by atoms with Crippen LogP contribution in [0.25, 0.3) is 0 Å². The average molecular weight is 308 g/mol. The smallest absolute Gasteiger partial charge is 0.267 e. The van der Waals surface area contributed by atoms with Gasteiger partial charge in [0.15, 0.2) is 0 Å². The van der Waals surface area contributed by atoms with Gasteiger partial charge in [-0.3, -0.25) is 4.79 Å². The summed E-state index contributed by atoms with van der Waals surface area (Å²) >= 11 is 3.26. The van der Waals surface area contributed by atoms with Crippen molar-refractivity contribution in [1.82, 2.24) is 9.97 Å². The third-order valence-electron chi connectivity index (χ3n) is 2.64. The lowest BCUT2D eigenvalue weighted by molar-refractivity contribution is 0.879. The molecular weight excluding hydrogens is 294 g/mol. The van der Waals surface area contributed by atoms with Gasteiger partial charge in [-0.15, -0.1) is 0 Å². The summed E-state index contributed by atoms with van der Waals surface area (Å²) in [5.41, 5.74) is 2.24. The van der Waals surface area contributed by atoms with Crippen molar-refractivity contribution < 1.29 is 0 Å². The fraction of sp³-hybridized carbons (Fsp3) is 0.231. The normalized spacial score (nSPS) is 10.4. The summed E-state index contributed by atoms with van der Waals surface area (Å²) < 4.78 is 0.458. The van der Waals surface area contributed by atoms with Crippen molar-refractivity contribution in [3.05, 3.63) is 56.5 Å². The topological polar surface area (TPSA) is 49.0 Å². The van der Waals surface area contributed by atoms with Gasteiger partial charge >= 0.3 is 0 Å². The zero-order valence-electron chi connectivity index (χ0n) is 10.3. The van der Waals surface area contributed by atoms with Gasteiger partial charge in [0, 0.05) is 13.6 Å². The third-order valence-corrected chi connectivity index (χ3v) is 3.36. The maximum Gasteiger partial charge on any atom is 0.267 e. The minimum Gasteiger partial charge on any atom is -0.354 e. The molecule has 0 spiro atoms. The molecule has 0 saturated carbocycles. The molecule has 0 amide bonds. The molecule has 0 unspecified atom stereocenters. The number of H-pyrrole nitrogens is 1. The first-order valence-corrected chi connectivity index (χ1v) is 6.37. The molecule has 0 bridgehead atoms. The molecule has 5 heteroatoms. The van der Waals surface area contributed by atoms with Crippen LogP contribution in [-0.4, -0.2) is 17.0 Å². The van der Waals surface area contributed by atoms with Gasteiger partial charge in [-0.25, -0.2) is 4.98 Å². The largest absolute Gasteiger partial charge is 0.354 e. The Morgan fingerprint density at radius 3 is 2.94 bits per heavy atom. The van der Waals surface area contributed by atoms with Gasteiger partial charge in [0.2, 0.25) is 0 Å². The van der Waals surface area contributed by atoms with Gasteiger partial charge in [-0.05, 0) is 28.4 Å². The zero-order chi connectivity index (χ0) is 13.1. The van der Waals surface area contributed by atoms with Crippen molar-refractivity contribution in [3.8, 4) is 0 Å². The number of aromatic nitrogens is 2. The SMILES string of the molecule is Cc1cccc(CN(C)c2nc[nH]c(=O)c2Br)c1. The van der Waals surface area contributed by atoms with Crippen LogP contribution in [0.4, 0.5) is 5.82 Å². The van der Waals surface area contributed by atoms with Crippen molar-refractivity contribution in [1.29, 1.82) is 0 Å². The molecule has 1 aromatic heterocycles. The first-order valence-electron chi connectivity index (χ1n) is 5.58. The summed E-state index contributed by atoms with van der Waals surface area (Å²) in [6.45, 7) is 2.77. The Hall–Kier alpha value is -1.62. The maximum atomic E-state index is 11.5. The van der Waals surface area contributed by atoms with Gasteiger partial charge in [-0.2, -0.15) is 0 Å². The zero-order valence-corrected chi connectivity index (χ0v) is 11.9. The molecule has 0 aliphatic heterocycles. The Kier molecular flexibility index (Phi) is 3.81. The predicted molar refractivity (Wildman–Crippen MR) is 75.8 cm³/mol. The van der Waals surface area contributed by atoms with Crippen molar-refractivity contribution in [2.45, 2.75) is 13.5 Å². The summed E-state index contributed by atoms with van der Waals surface area (Å²) in [6, 6.07) is 8.27. The highest BCUT2D eigenvalue weighted by Crippen LogP contribution is 2.19. The van der Waals surface area contributed by atoms with E-state index in [0.717, 1.165) is 0 Å². The van der Waals surface area contributed by atoms with E-state index < -0.39 is 0 Å². The number of benzene rings is 1. The lowest BCUT2D eigenvalue weighted by Gasteiger charge is -2.19. The number of anilines is 1. The summed E-state index contributed by atoms with van der Waals surface area (Å²) in [5, 5.41) is 0. The predicted octanol–water partition coefficient (Wildman–Crippen LogP) is 2.48. The molecule has 0 saturated heterocycles. The number of rotatable bonds is 3. The van der Waals surface area contributed by atoms with E-state index in [4.69, 9.17) is 0 Å². The Morgan fingerprint density at radius 1 is 1.44 bits per heavy atom. The second kappa shape index (κ2) is 5.35. The fourth-order valence-corrected chi connectivity index (χ4v) is 2.32. The number of hydrogen-bond acceptors (Lipinski definition) is 3. The quantitative estimate of drug-likeness (QED) is 0.947. The molecule has 18 heavy (non-hydrogen) atoms. The standard InChI is InChI=1S/C13H14BrN3O/c1-9-4-3-5-10(6-9)7-17(2)12-11(14)13(18)16-8-15-12/h3-6,8H,7H2,1-2H3,(H,15,16,18). The lowest BCUT2D eigenvalue weighted by Crippen LogP contribution is -2.21. The number of halogens is 1. The molecular formula is C13H14BrN3O. The van der Waals surface area contributed by atoms with Crippen molar-refractivity contribution in [2.75, 3.05) is 11.9 Å². The van der Waals surface area contributed by atoms with E-state index in [0.29, 0.717) is 16.8 Å². The van der Waals surface area contributed by atoms with Gasteiger partial charge < -0.3 is 9.88 Å². The van der Waals surface area contributed by atoms with Gasteiger partial charge in [-0.1, -0.05) is 29.8 Å². The van der Waals surface area contributed by atoms with Gasteiger partial charge in [0.25, 0.3) is 5.56 Å². The molecule has 0 fully saturated rings. The Labute approximate surface area is 114 Å². The molecule has 2 aromatic rings. The molecule has 94 valence electrons. The van der Waals surface area contributed by atoms with E-state index in [9.17, 15) is 4.79 Å². The van der Waals surface area contributed by atoms with Crippen LogP contribution in [0.1, 0.15) is 11.1 Å². The minimum absolute atomic E-state index is 0.170. The van der Waals surface area contributed by atoms with Crippen LogP contribution < -0.4 is 10.5 Å². The average Bonchev–Trinajstić information content (AvgIpc) is 2.32. The van der Waals surface area contributed by atoms with Crippen LogP contribution >= 0.6 is 15.9 Å². The van der Waals surface area contributed by atoms with E-state index in [1.54, 1.807) is 0 Å². The fourth-order valence-electron chi connectivity index (χ4n) is 1.80. The van der Waals surface area contributed by atoms with Gasteiger partial charge in [0.05, 0.1) is 6.33 Å². The lowest BCUT2D eigenvalue weighted by atomic mass is 10.1. The first-order chi connectivity index (χ1) is 8.58. The maximum absolute atomic E-state index is 11.5. The van der Waals surface area contributed by atoms with Crippen LogP contribution in [0.3, 0.4) is 0 Å². The highest BCUT2D eigenvalue weighted by Gasteiger charge is 2.10. The Balaban J connectivity index is 2.25. The number of hydrogen-bond donors (Lipinski definition) is 1. The second-order valence-corrected chi connectivity index (χ2v) is 5.01. The molecule has 0 atom stereocenters. The van der Waals surface area contributed by atoms with Crippen LogP contribution in [0, 0.1) is 6.92 Å². The van der Waals surface area contributed by atoms with Crippen molar-refractivity contribution in [2.24, 2.45) is 0 Å². The van der Waals surface area contributed by atoms with E-state index in [1.807, 2.05) is 18.0 Å². The van der Waals surface area contributed by atoms with Crippen LogP contribution in [-0.2, 0) is 6.54 Å². The third kappa shape index (κ3) is 2.79. The molecule has 1 aromatic carbocycles. The van der Waals surface area contributed by atoms with Gasteiger partial charge in [0.1, 0.15) is 10.3 Å². The molecule has 1 heterocycles. The van der Waals surface area contributed by atoms with Crippen LogP contribution in [0.5, 0.6) is 0 Å². The highest BCUT2D eigenvalue weighted by molar-refractivity contribution is 9.10. The number of nitrogens with one attached hydrogen (secondary N) is 1. The van der Waals surface area contributed by atoms with Crippen molar-refractivity contribution in [3.63, 3.8) is 0 Å². The molecule has 1 N–H and O–H groups in total. The molecule has 2 rings (SSSR count). The monoisotopic (exact) mass is 307 g/mol. The number of nitrogens with zero attached hydrogens (tertiary/aromatic N) is 2. The molecule has 0 aliphatic carbocycles. The number of aromatic amines is 1. The van der Waals surface area contributed by atoms with E-state index in [-0.39, 0.29) is 5.56 Å².